The van der Waals surface area contributed by atoms with E-state index in [4.69, 9.17) is 4.74 Å². The molecule has 0 saturated carbocycles. The van der Waals surface area contributed by atoms with Crippen LogP contribution >= 0.6 is 0 Å². The van der Waals surface area contributed by atoms with Crippen molar-refractivity contribution in [2.45, 2.75) is 26.4 Å². The Hall–Kier alpha value is -2.08. The fourth-order valence-electron chi connectivity index (χ4n) is 2.73. The molecule has 1 fully saturated rings. The predicted molar refractivity (Wildman–Crippen MR) is 90.9 cm³/mol. The number of hydrogen-bond acceptors (Lipinski definition) is 4. The molecule has 1 atom stereocenters. The minimum absolute atomic E-state index is 0.0450. The second-order valence-corrected chi connectivity index (χ2v) is 6.39. The van der Waals surface area contributed by atoms with E-state index in [-0.39, 0.29) is 17.7 Å². The molecule has 132 valence electrons. The molecule has 1 N–H and O–H groups in total. The van der Waals surface area contributed by atoms with Gasteiger partial charge in [-0.25, -0.2) is 0 Å². The summed E-state index contributed by atoms with van der Waals surface area (Å²) in [6.45, 7) is 5.73. The van der Waals surface area contributed by atoms with Crippen LogP contribution < -0.4 is 4.74 Å². The highest BCUT2D eigenvalue weighted by atomic mass is 16.5. The van der Waals surface area contributed by atoms with E-state index >= 15 is 0 Å². The summed E-state index contributed by atoms with van der Waals surface area (Å²) in [5, 5.41) is 9.96. The van der Waals surface area contributed by atoms with E-state index in [1.54, 1.807) is 41.2 Å². The third kappa shape index (κ3) is 4.26. The largest absolute Gasteiger partial charge is 0.497 e. The number of ether oxygens (including phenoxy) is 1. The summed E-state index contributed by atoms with van der Waals surface area (Å²) in [5.41, 5.74) is 0.609. The molecule has 0 aromatic heterocycles. The molecule has 6 nitrogen and oxygen atoms in total. The molecule has 0 radical (unpaired) electrons. The summed E-state index contributed by atoms with van der Waals surface area (Å²) in [7, 11) is 1.59. The predicted octanol–water partition coefficient (Wildman–Crippen LogP) is 1.39. The maximum Gasteiger partial charge on any atom is 0.253 e. The van der Waals surface area contributed by atoms with Crippen LogP contribution in [0.3, 0.4) is 0 Å². The average Bonchev–Trinajstić information content (AvgIpc) is 2.86. The zero-order valence-electron chi connectivity index (χ0n) is 14.6. The Morgan fingerprint density at radius 3 is 2.21 bits per heavy atom. The van der Waals surface area contributed by atoms with Gasteiger partial charge in [-0.2, -0.15) is 0 Å². The molecule has 1 heterocycles. The third-order valence-electron chi connectivity index (χ3n) is 4.32. The molecule has 0 bridgehead atoms. The Bertz CT molecular complexity index is 571. The second kappa shape index (κ2) is 8.15. The number of carbonyl (C=O) groups is 2. The number of carbonyl (C=O) groups excluding carboxylic acids is 2. The Labute approximate surface area is 143 Å². The summed E-state index contributed by atoms with van der Waals surface area (Å²) in [4.78, 5) is 28.3. The Balaban J connectivity index is 1.99. The van der Waals surface area contributed by atoms with Crippen LogP contribution in [0.5, 0.6) is 5.75 Å². The molecule has 0 spiro atoms. The van der Waals surface area contributed by atoms with E-state index in [0.717, 1.165) is 0 Å². The van der Waals surface area contributed by atoms with Crippen LogP contribution in [-0.4, -0.2) is 66.1 Å². The molecule has 1 saturated heterocycles. The van der Waals surface area contributed by atoms with Crippen molar-refractivity contribution in [3.63, 3.8) is 0 Å². The molecule has 0 aliphatic carbocycles. The van der Waals surface area contributed by atoms with E-state index < -0.39 is 6.10 Å². The zero-order valence-corrected chi connectivity index (χ0v) is 14.6. The van der Waals surface area contributed by atoms with Gasteiger partial charge in [0.25, 0.3) is 11.8 Å². The van der Waals surface area contributed by atoms with E-state index in [1.165, 1.54) is 0 Å². The van der Waals surface area contributed by atoms with Crippen molar-refractivity contribution in [3.05, 3.63) is 29.8 Å². The van der Waals surface area contributed by atoms with Gasteiger partial charge < -0.3 is 19.6 Å². The van der Waals surface area contributed by atoms with Crippen molar-refractivity contribution in [2.24, 2.45) is 5.92 Å². The fourth-order valence-corrected chi connectivity index (χ4v) is 2.73. The lowest BCUT2D eigenvalue weighted by atomic mass is 10.1. The average molecular weight is 334 g/mol. The van der Waals surface area contributed by atoms with Crippen molar-refractivity contribution in [1.29, 1.82) is 0 Å². The number of rotatable bonds is 4. The summed E-state index contributed by atoms with van der Waals surface area (Å²) >= 11 is 0. The van der Waals surface area contributed by atoms with Gasteiger partial charge in [-0.05, 0) is 36.6 Å². The molecule has 24 heavy (non-hydrogen) atoms. The maximum atomic E-state index is 12.6. The van der Waals surface area contributed by atoms with Crippen molar-refractivity contribution < 1.29 is 19.4 Å². The van der Waals surface area contributed by atoms with Crippen molar-refractivity contribution in [3.8, 4) is 5.75 Å². The summed E-state index contributed by atoms with van der Waals surface area (Å²) in [6.07, 6.45) is -0.271. The highest BCUT2D eigenvalue weighted by molar-refractivity contribution is 5.94. The molecule has 1 aliphatic heterocycles. The Morgan fingerprint density at radius 1 is 1.04 bits per heavy atom. The van der Waals surface area contributed by atoms with Crippen LogP contribution in [0.25, 0.3) is 0 Å². The van der Waals surface area contributed by atoms with E-state index in [1.807, 2.05) is 13.8 Å². The smallest absolute Gasteiger partial charge is 0.253 e. The number of aliphatic hydroxyl groups excluding tert-OH is 1. The first-order valence-corrected chi connectivity index (χ1v) is 8.34. The lowest BCUT2D eigenvalue weighted by molar-refractivity contribution is -0.142. The van der Waals surface area contributed by atoms with Gasteiger partial charge in [0.15, 0.2) is 0 Å². The zero-order chi connectivity index (χ0) is 17.7. The third-order valence-corrected chi connectivity index (χ3v) is 4.32. The van der Waals surface area contributed by atoms with E-state index in [2.05, 4.69) is 0 Å². The monoisotopic (exact) mass is 334 g/mol. The molecule has 6 heteroatoms. The molecular weight excluding hydrogens is 308 g/mol. The first kappa shape index (κ1) is 18.3. The summed E-state index contributed by atoms with van der Waals surface area (Å²) in [6, 6.07) is 7.02. The number of methoxy groups -OCH3 is 1. The van der Waals surface area contributed by atoms with Gasteiger partial charge in [-0.3, -0.25) is 9.59 Å². The first-order valence-electron chi connectivity index (χ1n) is 8.34. The maximum absolute atomic E-state index is 12.6. The van der Waals surface area contributed by atoms with Gasteiger partial charge in [-0.1, -0.05) is 13.8 Å². The minimum atomic E-state index is -0.978. The first-order chi connectivity index (χ1) is 11.4. The second-order valence-electron chi connectivity index (χ2n) is 6.39. The van der Waals surface area contributed by atoms with Crippen LogP contribution in [0.2, 0.25) is 0 Å². The quantitative estimate of drug-likeness (QED) is 0.903. The number of nitrogens with zero attached hydrogens (tertiary/aromatic N) is 2. The van der Waals surface area contributed by atoms with Crippen LogP contribution in [-0.2, 0) is 4.79 Å². The molecule has 1 aromatic carbocycles. The number of hydrogen-bond donors (Lipinski definition) is 1. The number of amides is 2. The van der Waals surface area contributed by atoms with Gasteiger partial charge in [0.1, 0.15) is 11.9 Å². The standard InChI is InChI=1S/C18H26N2O4/c1-13(2)16(21)18(23)20-10-4-9-19(11-12-20)17(22)14-5-7-15(24-3)8-6-14/h5-8,13,16,21H,4,9-12H2,1-3H3. The highest BCUT2D eigenvalue weighted by Crippen LogP contribution is 2.15. The topological polar surface area (TPSA) is 70.1 Å². The molecule has 2 rings (SSSR count). The SMILES string of the molecule is COc1ccc(C(=O)N2CCCN(C(=O)C(O)C(C)C)CC2)cc1. The van der Waals surface area contributed by atoms with Gasteiger partial charge >= 0.3 is 0 Å². The van der Waals surface area contributed by atoms with E-state index in [0.29, 0.717) is 43.9 Å². The van der Waals surface area contributed by atoms with Crippen molar-refractivity contribution in [1.82, 2.24) is 9.80 Å². The van der Waals surface area contributed by atoms with Crippen molar-refractivity contribution >= 4 is 11.8 Å². The van der Waals surface area contributed by atoms with Crippen LogP contribution in [0, 0.1) is 5.92 Å². The lowest BCUT2D eigenvalue weighted by Crippen LogP contribution is -2.43. The van der Waals surface area contributed by atoms with Gasteiger partial charge in [0, 0.05) is 31.7 Å². The molecule has 1 unspecified atom stereocenters. The molecular formula is C18H26N2O4. The number of benzene rings is 1. The van der Waals surface area contributed by atoms with Crippen molar-refractivity contribution in [2.75, 3.05) is 33.3 Å². The fraction of sp³-hybridized carbons (Fsp3) is 0.556. The molecule has 1 aliphatic rings. The van der Waals surface area contributed by atoms with Gasteiger partial charge in [0.2, 0.25) is 0 Å². The highest BCUT2D eigenvalue weighted by Gasteiger charge is 2.28. The van der Waals surface area contributed by atoms with Crippen LogP contribution in [0.4, 0.5) is 0 Å². The summed E-state index contributed by atoms with van der Waals surface area (Å²) < 4.78 is 5.10. The number of aliphatic hydroxyl groups is 1. The van der Waals surface area contributed by atoms with Gasteiger partial charge in [0.05, 0.1) is 7.11 Å². The minimum Gasteiger partial charge on any atom is -0.497 e. The van der Waals surface area contributed by atoms with Gasteiger partial charge in [-0.15, -0.1) is 0 Å². The Morgan fingerprint density at radius 2 is 1.62 bits per heavy atom. The van der Waals surface area contributed by atoms with Crippen LogP contribution in [0.15, 0.2) is 24.3 Å². The normalized spacial score (nSPS) is 16.7. The van der Waals surface area contributed by atoms with E-state index in [9.17, 15) is 14.7 Å². The Kier molecular flexibility index (Phi) is 6.20. The lowest BCUT2D eigenvalue weighted by Gasteiger charge is -2.25. The molecule has 2 amide bonds. The van der Waals surface area contributed by atoms with Crippen LogP contribution in [0.1, 0.15) is 30.6 Å². The summed E-state index contributed by atoms with van der Waals surface area (Å²) in [5.74, 6) is 0.305. The molecule has 1 aromatic rings.